The Hall–Kier alpha value is -2.36. The molecule has 0 aromatic heterocycles. The summed E-state index contributed by atoms with van der Waals surface area (Å²) >= 11 is 0. The molecule has 0 saturated heterocycles. The van der Waals surface area contributed by atoms with Crippen LogP contribution in [-0.4, -0.2) is 24.7 Å². The van der Waals surface area contributed by atoms with Crippen molar-refractivity contribution in [3.63, 3.8) is 0 Å². The molecule has 4 heteroatoms. The molecule has 1 aromatic carbocycles. The molecule has 246 valence electrons. The highest BCUT2D eigenvalue weighted by Gasteiger charge is 2.38. The minimum Gasteiger partial charge on any atom is -0.239 e. The standard InChI is InChI=1S/C41H54F4/c1-3-5-6-7-8-9-11-34-24-25-35(39(43)38(34)42)32-20-22-33(23-21-32)37-27-26-36(40(44)41(37)45)31-18-16-30(17-19-31)29-14-12-28(10-4-2)13-15-29/h4,10,20-31,38-41H,3,5-9,11-19H2,1-2H3/b10-4+. The van der Waals surface area contributed by atoms with Gasteiger partial charge in [-0.05, 0) is 128 Å². The van der Waals surface area contributed by atoms with Crippen LogP contribution in [0.4, 0.5) is 17.6 Å². The first-order valence-corrected chi connectivity index (χ1v) is 18.0. The second-order valence-corrected chi connectivity index (χ2v) is 14.2. The molecule has 1 aromatic rings. The van der Waals surface area contributed by atoms with E-state index in [-0.39, 0.29) is 5.92 Å². The van der Waals surface area contributed by atoms with Crippen molar-refractivity contribution in [3.8, 4) is 0 Å². The fourth-order valence-corrected chi connectivity index (χ4v) is 8.49. The zero-order valence-corrected chi connectivity index (χ0v) is 27.5. The van der Waals surface area contributed by atoms with E-state index in [9.17, 15) is 0 Å². The summed E-state index contributed by atoms with van der Waals surface area (Å²) < 4.78 is 61.4. The maximum atomic E-state index is 15.6. The van der Waals surface area contributed by atoms with Gasteiger partial charge in [0.05, 0.1) is 0 Å². The van der Waals surface area contributed by atoms with Crippen LogP contribution in [0.25, 0.3) is 11.1 Å². The molecule has 2 saturated carbocycles. The summed E-state index contributed by atoms with van der Waals surface area (Å²) in [5, 5.41) is 0. The largest absolute Gasteiger partial charge is 0.239 e. The van der Waals surface area contributed by atoms with Gasteiger partial charge in [0.1, 0.15) is 0 Å². The van der Waals surface area contributed by atoms with Gasteiger partial charge >= 0.3 is 0 Å². The Labute approximate surface area is 269 Å². The Morgan fingerprint density at radius 1 is 0.600 bits per heavy atom. The van der Waals surface area contributed by atoms with Crippen LogP contribution in [0.1, 0.15) is 121 Å². The van der Waals surface area contributed by atoms with Crippen molar-refractivity contribution in [1.29, 1.82) is 0 Å². The van der Waals surface area contributed by atoms with Gasteiger partial charge in [-0.15, -0.1) is 0 Å². The molecule has 0 heterocycles. The van der Waals surface area contributed by atoms with Crippen molar-refractivity contribution in [3.05, 3.63) is 83.0 Å². The first-order chi connectivity index (χ1) is 21.9. The van der Waals surface area contributed by atoms with Crippen LogP contribution in [0.2, 0.25) is 0 Å². The molecule has 4 aliphatic rings. The van der Waals surface area contributed by atoms with Crippen LogP contribution in [-0.2, 0) is 0 Å². The molecule has 0 spiro atoms. The third-order valence-corrected chi connectivity index (χ3v) is 11.3. The third-order valence-electron chi connectivity index (χ3n) is 11.3. The minimum absolute atomic E-state index is 0.112. The second kappa shape index (κ2) is 16.5. The summed E-state index contributed by atoms with van der Waals surface area (Å²) in [7, 11) is 0. The summed E-state index contributed by atoms with van der Waals surface area (Å²) in [6.45, 7) is 4.28. The fourth-order valence-electron chi connectivity index (χ4n) is 8.49. The molecule has 4 atom stereocenters. The van der Waals surface area contributed by atoms with E-state index in [2.05, 4.69) is 26.0 Å². The van der Waals surface area contributed by atoms with Gasteiger partial charge in [0.2, 0.25) is 0 Å². The van der Waals surface area contributed by atoms with E-state index >= 15 is 17.6 Å². The van der Waals surface area contributed by atoms with E-state index < -0.39 is 24.7 Å². The lowest BCUT2D eigenvalue weighted by atomic mass is 9.67. The van der Waals surface area contributed by atoms with Gasteiger partial charge in [-0.1, -0.05) is 99.7 Å². The number of benzene rings is 1. The van der Waals surface area contributed by atoms with Crippen LogP contribution in [0.15, 0.2) is 71.9 Å². The SMILES string of the molecule is C/C=C/C1CCC(C2CCC(C3=CC=C(c4ccc(C5=CC=C(CCCCCCCC)C(F)C5F)cc4)C(F)C3F)CC2)CC1. The topological polar surface area (TPSA) is 0 Å². The quantitative estimate of drug-likeness (QED) is 0.124. The van der Waals surface area contributed by atoms with Gasteiger partial charge in [-0.3, -0.25) is 0 Å². The molecule has 0 nitrogen and oxygen atoms in total. The lowest BCUT2D eigenvalue weighted by Gasteiger charge is -2.39. The Morgan fingerprint density at radius 2 is 1.13 bits per heavy atom. The van der Waals surface area contributed by atoms with Crippen molar-refractivity contribution in [2.24, 2.45) is 23.7 Å². The van der Waals surface area contributed by atoms with Gasteiger partial charge < -0.3 is 0 Å². The molecule has 0 amide bonds. The highest BCUT2D eigenvalue weighted by Crippen LogP contribution is 2.46. The van der Waals surface area contributed by atoms with Crippen LogP contribution < -0.4 is 0 Å². The molecule has 4 unspecified atom stereocenters. The summed E-state index contributed by atoms with van der Waals surface area (Å²) in [5.74, 6) is 2.35. The summed E-state index contributed by atoms with van der Waals surface area (Å²) in [6, 6.07) is 6.85. The first-order valence-electron chi connectivity index (χ1n) is 18.0. The van der Waals surface area contributed by atoms with Gasteiger partial charge in [0, 0.05) is 0 Å². The first kappa shape index (κ1) is 34.0. The Kier molecular flexibility index (Phi) is 12.4. The predicted octanol–water partition coefficient (Wildman–Crippen LogP) is 12.6. The summed E-state index contributed by atoms with van der Waals surface area (Å²) in [4.78, 5) is 0. The molecule has 4 aliphatic carbocycles. The summed E-state index contributed by atoms with van der Waals surface area (Å²) in [5.41, 5.74) is 2.94. The van der Waals surface area contributed by atoms with Crippen LogP contribution in [0, 0.1) is 23.7 Å². The number of hydrogen-bond acceptors (Lipinski definition) is 0. The van der Waals surface area contributed by atoms with Gasteiger partial charge in [-0.2, -0.15) is 0 Å². The van der Waals surface area contributed by atoms with Gasteiger partial charge in [0.15, 0.2) is 24.7 Å². The van der Waals surface area contributed by atoms with Crippen molar-refractivity contribution in [2.75, 3.05) is 0 Å². The molecule has 0 N–H and O–H groups in total. The van der Waals surface area contributed by atoms with Gasteiger partial charge in [-0.25, -0.2) is 17.6 Å². The van der Waals surface area contributed by atoms with E-state index in [1.54, 1.807) is 42.5 Å². The number of hydrogen-bond donors (Lipinski definition) is 0. The average Bonchev–Trinajstić information content (AvgIpc) is 3.07. The maximum Gasteiger partial charge on any atom is 0.161 e. The van der Waals surface area contributed by atoms with Crippen molar-refractivity contribution in [2.45, 2.75) is 135 Å². The molecule has 0 bridgehead atoms. The van der Waals surface area contributed by atoms with E-state index in [1.165, 1.54) is 44.9 Å². The normalized spacial score (nSPS) is 32.6. The van der Waals surface area contributed by atoms with Gasteiger partial charge in [0.25, 0.3) is 0 Å². The smallest absolute Gasteiger partial charge is 0.161 e. The zero-order chi connectivity index (χ0) is 31.8. The predicted molar refractivity (Wildman–Crippen MR) is 182 cm³/mol. The lowest BCUT2D eigenvalue weighted by molar-refractivity contribution is 0.152. The minimum atomic E-state index is -1.72. The molecular formula is C41H54F4. The second-order valence-electron chi connectivity index (χ2n) is 14.2. The van der Waals surface area contributed by atoms with E-state index in [0.717, 1.165) is 62.7 Å². The highest BCUT2D eigenvalue weighted by atomic mass is 19.2. The molecular weight excluding hydrogens is 568 g/mol. The van der Waals surface area contributed by atoms with Crippen LogP contribution in [0.5, 0.6) is 0 Å². The molecule has 5 rings (SSSR count). The molecule has 0 radical (unpaired) electrons. The molecule has 2 fully saturated rings. The molecule has 45 heavy (non-hydrogen) atoms. The Balaban J connectivity index is 1.17. The zero-order valence-electron chi connectivity index (χ0n) is 27.5. The van der Waals surface area contributed by atoms with Crippen molar-refractivity contribution >= 4 is 11.1 Å². The van der Waals surface area contributed by atoms with Crippen LogP contribution >= 0.6 is 0 Å². The number of unbranched alkanes of at least 4 members (excludes halogenated alkanes) is 5. The maximum absolute atomic E-state index is 15.6. The number of alkyl halides is 4. The summed E-state index contributed by atoms with van der Waals surface area (Å²) in [6.07, 6.45) is 21.3. The van der Waals surface area contributed by atoms with E-state index in [4.69, 9.17) is 0 Å². The van der Waals surface area contributed by atoms with Crippen molar-refractivity contribution in [1.82, 2.24) is 0 Å². The Morgan fingerprint density at radius 3 is 1.73 bits per heavy atom. The number of allylic oxidation sites excluding steroid dienone is 10. The fraction of sp³-hybridized carbons (Fsp3) is 0.610. The average molecular weight is 623 g/mol. The third kappa shape index (κ3) is 8.33. The number of halogens is 4. The monoisotopic (exact) mass is 622 g/mol. The van der Waals surface area contributed by atoms with E-state index in [0.29, 0.717) is 39.8 Å². The van der Waals surface area contributed by atoms with Crippen molar-refractivity contribution < 1.29 is 17.6 Å². The highest BCUT2D eigenvalue weighted by molar-refractivity contribution is 5.77. The molecule has 0 aliphatic heterocycles. The van der Waals surface area contributed by atoms with Crippen LogP contribution in [0.3, 0.4) is 0 Å². The number of rotatable bonds is 12. The van der Waals surface area contributed by atoms with E-state index in [1.807, 2.05) is 6.08 Å². The lowest BCUT2D eigenvalue weighted by Crippen LogP contribution is -2.31. The Bertz CT molecular complexity index is 1230.